The maximum absolute atomic E-state index is 6.36. The van der Waals surface area contributed by atoms with Crippen molar-refractivity contribution in [2.24, 2.45) is 17.3 Å². The third-order valence-electron chi connectivity index (χ3n) is 6.53. The highest BCUT2D eigenvalue weighted by atomic mass is 31.0. The van der Waals surface area contributed by atoms with Gasteiger partial charge in [-0.2, -0.15) is 0 Å². The van der Waals surface area contributed by atoms with Gasteiger partial charge in [0.15, 0.2) is 0 Å². The van der Waals surface area contributed by atoms with E-state index in [4.69, 9.17) is 23.0 Å². The molecule has 0 spiro atoms. The van der Waals surface area contributed by atoms with E-state index < -0.39 is 0 Å². The van der Waals surface area contributed by atoms with Crippen molar-refractivity contribution in [1.29, 1.82) is 0 Å². The molecule has 2 bridgehead atoms. The monoisotopic (exact) mass is 451 g/mol. The summed E-state index contributed by atoms with van der Waals surface area (Å²) in [4.78, 5) is 5.05. The van der Waals surface area contributed by atoms with Crippen LogP contribution in [-0.2, 0) is 6.54 Å². The van der Waals surface area contributed by atoms with Gasteiger partial charge in [0, 0.05) is 95.9 Å². The Morgan fingerprint density at radius 2 is 1.58 bits per heavy atom. The van der Waals surface area contributed by atoms with Crippen molar-refractivity contribution in [2.75, 3.05) is 84.3 Å². The van der Waals surface area contributed by atoms with Crippen LogP contribution in [0.15, 0.2) is 24.3 Å². The first kappa shape index (κ1) is 24.8. The molecule has 1 aromatic carbocycles. The molecule has 3 atom stereocenters. The van der Waals surface area contributed by atoms with Gasteiger partial charge in [0.25, 0.3) is 0 Å². The molecule has 0 radical (unpaired) electrons. The lowest BCUT2D eigenvalue weighted by atomic mass is 9.97. The SMILES string of the molecule is NCC1(P)CN(N)CCNCC(CN)(NCc2ccc(N)cc2)CN2CCN(CC2)C1. The lowest BCUT2D eigenvalue weighted by Crippen LogP contribution is -2.66. The van der Waals surface area contributed by atoms with Crippen LogP contribution in [0.3, 0.4) is 0 Å². The number of hydrogen-bond acceptors (Lipinski definition) is 9. The fourth-order valence-corrected chi connectivity index (χ4v) is 4.99. The summed E-state index contributed by atoms with van der Waals surface area (Å²) in [5.41, 5.74) is 20.1. The number of anilines is 1. The predicted molar refractivity (Wildman–Crippen MR) is 132 cm³/mol. The molecule has 176 valence electrons. The molecule has 0 saturated carbocycles. The van der Waals surface area contributed by atoms with Gasteiger partial charge in [-0.1, -0.05) is 12.1 Å². The number of nitrogens with zero attached hydrogens (tertiary/aromatic N) is 3. The van der Waals surface area contributed by atoms with Gasteiger partial charge in [-0.05, 0) is 17.7 Å². The number of nitrogen functional groups attached to an aromatic ring is 1. The van der Waals surface area contributed by atoms with E-state index in [-0.39, 0.29) is 10.7 Å². The van der Waals surface area contributed by atoms with Crippen molar-refractivity contribution in [1.82, 2.24) is 25.4 Å². The number of rotatable bonds is 5. The molecule has 3 heterocycles. The molecule has 0 aliphatic carbocycles. The van der Waals surface area contributed by atoms with E-state index in [0.29, 0.717) is 13.1 Å². The van der Waals surface area contributed by atoms with Crippen LogP contribution in [0.2, 0.25) is 0 Å². The number of nitrogens with one attached hydrogen (secondary N) is 2. The Hall–Kier alpha value is -0.870. The average molecular weight is 452 g/mol. The molecular weight excluding hydrogens is 409 g/mol. The molecule has 3 fully saturated rings. The number of nitrogens with two attached hydrogens (primary N) is 4. The molecule has 4 rings (SSSR count). The van der Waals surface area contributed by atoms with Crippen LogP contribution in [0.4, 0.5) is 5.69 Å². The molecule has 10 heteroatoms. The smallest absolute Gasteiger partial charge is 0.0561 e. The molecule has 31 heavy (non-hydrogen) atoms. The Morgan fingerprint density at radius 3 is 2.19 bits per heavy atom. The highest BCUT2D eigenvalue weighted by Gasteiger charge is 2.34. The van der Waals surface area contributed by atoms with Gasteiger partial charge in [-0.25, -0.2) is 5.01 Å². The summed E-state index contributed by atoms with van der Waals surface area (Å²) in [6, 6.07) is 8.03. The van der Waals surface area contributed by atoms with Gasteiger partial charge in [-0.15, -0.1) is 9.24 Å². The molecule has 1 aromatic rings. The van der Waals surface area contributed by atoms with Gasteiger partial charge in [0.2, 0.25) is 0 Å². The number of hydrogen-bond donors (Lipinski definition) is 6. The molecule has 3 saturated heterocycles. The Labute approximate surface area is 189 Å². The minimum absolute atomic E-state index is 0.0807. The average Bonchev–Trinajstić information content (AvgIpc) is 2.77. The van der Waals surface area contributed by atoms with Crippen molar-refractivity contribution in [3.8, 4) is 0 Å². The minimum Gasteiger partial charge on any atom is -0.399 e. The summed E-state index contributed by atoms with van der Waals surface area (Å²) in [5.74, 6) is 6.33. The molecule has 10 N–H and O–H groups in total. The van der Waals surface area contributed by atoms with Crippen LogP contribution in [0, 0.1) is 0 Å². The molecule has 3 aliphatic rings. The van der Waals surface area contributed by atoms with Gasteiger partial charge < -0.3 is 27.8 Å². The number of piperazine rings is 1. The third-order valence-corrected chi connectivity index (χ3v) is 7.13. The predicted octanol–water partition coefficient (Wildman–Crippen LogP) is -1.97. The fourth-order valence-electron chi connectivity index (χ4n) is 4.50. The van der Waals surface area contributed by atoms with E-state index in [0.717, 1.165) is 77.7 Å². The number of hydrazine groups is 1. The van der Waals surface area contributed by atoms with Crippen molar-refractivity contribution in [3.63, 3.8) is 0 Å². The topological polar surface area (TPSA) is 138 Å². The van der Waals surface area contributed by atoms with E-state index in [2.05, 4.69) is 41.8 Å². The van der Waals surface area contributed by atoms with Crippen LogP contribution in [0.1, 0.15) is 5.56 Å². The zero-order valence-electron chi connectivity index (χ0n) is 18.7. The lowest BCUT2D eigenvalue weighted by Gasteiger charge is -2.45. The second-order valence-corrected chi connectivity index (χ2v) is 10.6. The van der Waals surface area contributed by atoms with E-state index in [9.17, 15) is 0 Å². The van der Waals surface area contributed by atoms with Crippen molar-refractivity contribution in [2.45, 2.75) is 17.2 Å². The van der Waals surface area contributed by atoms with Crippen LogP contribution in [0.5, 0.6) is 0 Å². The number of fused-ring (bicyclic) bond motifs is 11. The molecule has 0 aromatic heterocycles. The fraction of sp³-hybridized carbons (Fsp3) is 0.714. The summed E-state index contributed by atoms with van der Waals surface area (Å²) in [7, 11) is 2.97. The molecular formula is C21H42N9P. The van der Waals surface area contributed by atoms with Crippen LogP contribution in [-0.4, -0.2) is 104 Å². The van der Waals surface area contributed by atoms with E-state index in [1.807, 2.05) is 17.1 Å². The Bertz CT molecular complexity index is 667. The summed E-state index contributed by atoms with van der Waals surface area (Å²) >= 11 is 0. The second-order valence-electron chi connectivity index (χ2n) is 9.35. The zero-order chi connectivity index (χ0) is 22.3. The van der Waals surface area contributed by atoms with E-state index in [1.165, 1.54) is 5.56 Å². The van der Waals surface area contributed by atoms with Gasteiger partial charge in [0.05, 0.1) is 5.54 Å². The Balaban J connectivity index is 1.70. The van der Waals surface area contributed by atoms with E-state index in [1.54, 1.807) is 0 Å². The van der Waals surface area contributed by atoms with Gasteiger partial charge in [0.1, 0.15) is 0 Å². The second kappa shape index (κ2) is 11.3. The Kier molecular flexibility index (Phi) is 9.04. The first-order chi connectivity index (χ1) is 14.9. The molecule has 3 unspecified atom stereocenters. The third kappa shape index (κ3) is 7.32. The van der Waals surface area contributed by atoms with Crippen LogP contribution >= 0.6 is 9.24 Å². The minimum atomic E-state index is -0.214. The number of benzene rings is 1. The first-order valence-corrected chi connectivity index (χ1v) is 11.9. The van der Waals surface area contributed by atoms with Crippen LogP contribution < -0.4 is 33.7 Å². The van der Waals surface area contributed by atoms with Gasteiger partial charge in [-0.3, -0.25) is 15.6 Å². The van der Waals surface area contributed by atoms with Crippen molar-refractivity contribution < 1.29 is 0 Å². The summed E-state index contributed by atoms with van der Waals surface area (Å²) in [5, 5.41) is 9.18. The Morgan fingerprint density at radius 1 is 0.935 bits per heavy atom. The largest absolute Gasteiger partial charge is 0.399 e. The standard InChI is InChI=1S/C21H42N9P/c22-12-20(27-11-18-1-3-19(24)4-2-18)14-26-5-6-30(25)17-21(31,13-23)16-29-9-7-28(15-20)8-10-29/h1-4,26-27H,5-17,22-25,31H2. The molecule has 9 nitrogen and oxygen atoms in total. The highest BCUT2D eigenvalue weighted by molar-refractivity contribution is 7.19. The van der Waals surface area contributed by atoms with Crippen molar-refractivity contribution in [3.05, 3.63) is 29.8 Å². The van der Waals surface area contributed by atoms with Crippen molar-refractivity contribution >= 4 is 14.9 Å². The van der Waals surface area contributed by atoms with E-state index >= 15 is 0 Å². The lowest BCUT2D eigenvalue weighted by molar-refractivity contribution is 0.0864. The first-order valence-electron chi connectivity index (χ1n) is 11.3. The maximum atomic E-state index is 6.36. The maximum Gasteiger partial charge on any atom is 0.0561 e. The highest BCUT2D eigenvalue weighted by Crippen LogP contribution is 2.21. The molecule has 3 aliphatic heterocycles. The zero-order valence-corrected chi connectivity index (χ0v) is 19.9. The van der Waals surface area contributed by atoms with Gasteiger partial charge >= 0.3 is 0 Å². The molecule has 0 amide bonds. The van der Waals surface area contributed by atoms with Crippen LogP contribution in [0.25, 0.3) is 0 Å². The summed E-state index contributed by atoms with van der Waals surface area (Å²) in [6.45, 7) is 11.0. The summed E-state index contributed by atoms with van der Waals surface area (Å²) < 4.78 is 0. The normalized spacial score (nSPS) is 33.8. The summed E-state index contributed by atoms with van der Waals surface area (Å²) in [6.07, 6.45) is 0. The quantitative estimate of drug-likeness (QED) is 0.171.